The first-order valence-corrected chi connectivity index (χ1v) is 8.21. The third-order valence-corrected chi connectivity index (χ3v) is 4.58. The summed E-state index contributed by atoms with van der Waals surface area (Å²) in [6.45, 7) is 6.64. The van der Waals surface area contributed by atoms with Crippen molar-refractivity contribution in [1.29, 1.82) is 0 Å². The average molecular weight is 335 g/mol. The van der Waals surface area contributed by atoms with Crippen LogP contribution in [0.2, 0.25) is 0 Å². The van der Waals surface area contributed by atoms with Crippen LogP contribution in [0.15, 0.2) is 34.9 Å². The molecular formula is C18H25NO5. The van der Waals surface area contributed by atoms with Crippen molar-refractivity contribution in [3.63, 3.8) is 0 Å². The van der Waals surface area contributed by atoms with Gasteiger partial charge in [-0.15, -0.1) is 0 Å². The van der Waals surface area contributed by atoms with E-state index >= 15 is 0 Å². The second kappa shape index (κ2) is 8.26. The van der Waals surface area contributed by atoms with Crippen molar-refractivity contribution in [2.75, 3.05) is 26.3 Å². The fraction of sp³-hybridized carbons (Fsp3) is 0.556. The summed E-state index contributed by atoms with van der Waals surface area (Å²) >= 11 is 0. The van der Waals surface area contributed by atoms with Crippen molar-refractivity contribution in [3.8, 4) is 0 Å². The SMILES string of the molecule is C/C=C(/C)C(=O)O[C@@H]1CCN2CC=C(COC(=O)/C(=C\C)CO)[C@@H]12. The van der Waals surface area contributed by atoms with Crippen LogP contribution >= 0.6 is 0 Å². The van der Waals surface area contributed by atoms with Gasteiger partial charge in [-0.1, -0.05) is 18.2 Å². The van der Waals surface area contributed by atoms with Crippen LogP contribution in [0, 0.1) is 0 Å². The number of esters is 2. The molecule has 2 aliphatic heterocycles. The lowest BCUT2D eigenvalue weighted by Crippen LogP contribution is -2.36. The minimum Gasteiger partial charge on any atom is -0.458 e. The molecule has 132 valence electrons. The first-order chi connectivity index (χ1) is 11.5. The van der Waals surface area contributed by atoms with Crippen molar-refractivity contribution >= 4 is 11.9 Å². The number of hydrogen-bond acceptors (Lipinski definition) is 6. The molecule has 0 aromatic heterocycles. The van der Waals surface area contributed by atoms with Gasteiger partial charge in [0.2, 0.25) is 0 Å². The van der Waals surface area contributed by atoms with E-state index in [2.05, 4.69) is 4.90 Å². The van der Waals surface area contributed by atoms with Gasteiger partial charge in [0.1, 0.15) is 12.7 Å². The lowest BCUT2D eigenvalue weighted by atomic mass is 10.0. The third kappa shape index (κ3) is 3.94. The number of carbonyl (C=O) groups is 2. The molecule has 6 nitrogen and oxygen atoms in total. The summed E-state index contributed by atoms with van der Waals surface area (Å²) in [5, 5.41) is 9.10. The minimum atomic E-state index is -0.518. The molecule has 0 unspecified atom stereocenters. The highest BCUT2D eigenvalue weighted by Crippen LogP contribution is 2.31. The Morgan fingerprint density at radius 1 is 1.33 bits per heavy atom. The van der Waals surface area contributed by atoms with Crippen molar-refractivity contribution in [3.05, 3.63) is 34.9 Å². The first kappa shape index (κ1) is 18.4. The number of hydrogen-bond donors (Lipinski definition) is 1. The van der Waals surface area contributed by atoms with E-state index < -0.39 is 5.97 Å². The van der Waals surface area contributed by atoms with Gasteiger partial charge in [-0.2, -0.15) is 0 Å². The molecule has 0 aromatic carbocycles. The molecule has 2 heterocycles. The molecule has 0 radical (unpaired) electrons. The van der Waals surface area contributed by atoms with Gasteiger partial charge in [0.25, 0.3) is 0 Å². The molecule has 0 amide bonds. The maximum absolute atomic E-state index is 12.0. The molecule has 0 bridgehead atoms. The first-order valence-electron chi connectivity index (χ1n) is 8.21. The van der Waals surface area contributed by atoms with Gasteiger partial charge in [-0.3, -0.25) is 4.90 Å². The number of ether oxygens (including phenoxy) is 2. The van der Waals surface area contributed by atoms with E-state index in [1.165, 1.54) is 6.08 Å². The van der Waals surface area contributed by atoms with Gasteiger partial charge in [0.05, 0.1) is 18.2 Å². The van der Waals surface area contributed by atoms with Crippen LogP contribution in [0.25, 0.3) is 0 Å². The van der Waals surface area contributed by atoms with Crippen LogP contribution in [0.4, 0.5) is 0 Å². The molecule has 2 aliphatic rings. The van der Waals surface area contributed by atoms with Gasteiger partial charge >= 0.3 is 11.9 Å². The van der Waals surface area contributed by atoms with E-state index in [0.717, 1.165) is 25.1 Å². The largest absolute Gasteiger partial charge is 0.458 e. The Hall–Kier alpha value is -1.92. The number of allylic oxidation sites excluding steroid dienone is 2. The van der Waals surface area contributed by atoms with Crippen LogP contribution in [0.3, 0.4) is 0 Å². The molecule has 0 aliphatic carbocycles. The van der Waals surface area contributed by atoms with Gasteiger partial charge in [-0.25, -0.2) is 9.59 Å². The fourth-order valence-electron chi connectivity index (χ4n) is 2.99. The van der Waals surface area contributed by atoms with E-state index in [-0.39, 0.29) is 36.9 Å². The zero-order valence-electron chi connectivity index (χ0n) is 14.4. The van der Waals surface area contributed by atoms with Gasteiger partial charge in [0.15, 0.2) is 0 Å². The maximum Gasteiger partial charge on any atom is 0.336 e. The molecule has 1 N–H and O–H groups in total. The van der Waals surface area contributed by atoms with Crippen molar-refractivity contribution < 1.29 is 24.2 Å². The van der Waals surface area contributed by atoms with Crippen LogP contribution in [0.1, 0.15) is 27.2 Å². The Labute approximate surface area is 142 Å². The van der Waals surface area contributed by atoms with E-state index in [1.54, 1.807) is 26.8 Å². The molecule has 2 rings (SSSR count). The number of rotatable bonds is 6. The van der Waals surface area contributed by atoms with Crippen LogP contribution in [-0.4, -0.2) is 60.4 Å². The highest BCUT2D eigenvalue weighted by molar-refractivity contribution is 5.88. The quantitative estimate of drug-likeness (QED) is 0.449. The fourth-order valence-corrected chi connectivity index (χ4v) is 2.99. The summed E-state index contributed by atoms with van der Waals surface area (Å²) in [7, 11) is 0. The number of aliphatic hydroxyl groups is 1. The zero-order valence-corrected chi connectivity index (χ0v) is 14.4. The topological polar surface area (TPSA) is 76.1 Å². The number of aliphatic hydroxyl groups excluding tert-OH is 1. The van der Waals surface area contributed by atoms with Gasteiger partial charge < -0.3 is 14.6 Å². The molecular weight excluding hydrogens is 310 g/mol. The molecule has 1 saturated heterocycles. The Bertz CT molecular complexity index is 590. The third-order valence-electron chi connectivity index (χ3n) is 4.58. The lowest BCUT2D eigenvalue weighted by Gasteiger charge is -2.24. The van der Waals surface area contributed by atoms with Crippen molar-refractivity contribution in [2.45, 2.75) is 39.3 Å². The standard InChI is InChI=1S/C18H25NO5/c1-4-12(3)17(21)24-15-7-9-19-8-6-14(16(15)19)11-23-18(22)13(5-2)10-20/h4-6,15-16,20H,7-11H2,1-3H3/b12-4-,13-5-/t15-,16+/m1/s1. The van der Waals surface area contributed by atoms with Crippen molar-refractivity contribution in [2.24, 2.45) is 0 Å². The molecule has 0 aromatic rings. The highest BCUT2D eigenvalue weighted by atomic mass is 16.5. The van der Waals surface area contributed by atoms with E-state index in [1.807, 2.05) is 6.08 Å². The van der Waals surface area contributed by atoms with E-state index in [9.17, 15) is 9.59 Å². The maximum atomic E-state index is 12.0. The van der Waals surface area contributed by atoms with Crippen LogP contribution in [0.5, 0.6) is 0 Å². The van der Waals surface area contributed by atoms with E-state index in [0.29, 0.717) is 5.57 Å². The normalized spacial score (nSPS) is 24.6. The molecule has 2 atom stereocenters. The molecule has 6 heteroatoms. The van der Waals surface area contributed by atoms with Crippen LogP contribution < -0.4 is 0 Å². The Morgan fingerprint density at radius 3 is 2.71 bits per heavy atom. The second-order valence-corrected chi connectivity index (χ2v) is 5.97. The smallest absolute Gasteiger partial charge is 0.336 e. The number of fused-ring (bicyclic) bond motifs is 1. The zero-order chi connectivity index (χ0) is 17.7. The molecule has 1 fully saturated rings. The second-order valence-electron chi connectivity index (χ2n) is 5.97. The summed E-state index contributed by atoms with van der Waals surface area (Å²) in [5.41, 5.74) is 1.78. The summed E-state index contributed by atoms with van der Waals surface area (Å²) < 4.78 is 10.9. The Morgan fingerprint density at radius 2 is 2.08 bits per heavy atom. The van der Waals surface area contributed by atoms with Crippen molar-refractivity contribution in [1.82, 2.24) is 4.90 Å². The summed E-state index contributed by atoms with van der Waals surface area (Å²) in [4.78, 5) is 26.1. The summed E-state index contributed by atoms with van der Waals surface area (Å²) in [5.74, 6) is -0.820. The molecule has 0 saturated carbocycles. The molecule has 24 heavy (non-hydrogen) atoms. The number of carbonyl (C=O) groups excluding carboxylic acids is 2. The van der Waals surface area contributed by atoms with Gasteiger partial charge in [-0.05, 0) is 32.8 Å². The minimum absolute atomic E-state index is 0.0328. The monoisotopic (exact) mass is 335 g/mol. The molecule has 0 spiro atoms. The lowest BCUT2D eigenvalue weighted by molar-refractivity contribution is -0.145. The predicted molar refractivity (Wildman–Crippen MR) is 89.2 cm³/mol. The van der Waals surface area contributed by atoms with Gasteiger partial charge in [0, 0.05) is 18.7 Å². The van der Waals surface area contributed by atoms with Crippen LogP contribution in [-0.2, 0) is 19.1 Å². The van der Waals surface area contributed by atoms with E-state index in [4.69, 9.17) is 14.6 Å². The predicted octanol–water partition coefficient (Wildman–Crippen LogP) is 1.36. The average Bonchev–Trinajstić information content (AvgIpc) is 3.16. The summed E-state index contributed by atoms with van der Waals surface area (Å²) in [6.07, 6.45) is 5.84. The highest BCUT2D eigenvalue weighted by Gasteiger charge is 2.42. The Kier molecular flexibility index (Phi) is 6.34. The summed E-state index contributed by atoms with van der Waals surface area (Å²) in [6, 6.07) is -0.0328. The Balaban J connectivity index is 1.97. The number of nitrogens with zero attached hydrogens (tertiary/aromatic N) is 1.